The van der Waals surface area contributed by atoms with Crippen LogP contribution in [0, 0.1) is 0 Å². The van der Waals surface area contributed by atoms with Gasteiger partial charge in [-0.3, -0.25) is 0 Å². The van der Waals surface area contributed by atoms with Crippen LogP contribution in [0.15, 0.2) is 19.5 Å². The van der Waals surface area contributed by atoms with E-state index in [0.29, 0.717) is 0 Å². The molecule has 0 aliphatic rings. The Hall–Kier alpha value is 0.785. The molecule has 0 radical (unpaired) electrons. The zero-order valence-electron chi connectivity index (χ0n) is 4.24. The van der Waals surface area contributed by atoms with Gasteiger partial charge in [-0.2, -0.15) is 0 Å². The molecule has 9 heavy (non-hydrogen) atoms. The van der Waals surface area contributed by atoms with Crippen LogP contribution in [0.3, 0.4) is 0 Å². The molecule has 46 valence electrons. The van der Waals surface area contributed by atoms with E-state index in [2.05, 4.69) is 52.7 Å². The van der Waals surface area contributed by atoms with E-state index in [1.165, 1.54) is 0 Å². The Kier molecular flexibility index (Phi) is 2.85. The Balaban J connectivity index is 3.25. The normalized spacial score (nSPS) is 9.22. The summed E-state index contributed by atoms with van der Waals surface area (Å²) in [5, 5.41) is 0. The van der Waals surface area contributed by atoms with Gasteiger partial charge in [0.05, 0.1) is 0 Å². The third-order valence-electron chi connectivity index (χ3n) is 0.800. The van der Waals surface area contributed by atoms with E-state index >= 15 is 0 Å². The minimum atomic E-state index is 0.817. The van der Waals surface area contributed by atoms with Gasteiger partial charge in [0.15, 0.2) is 0 Å². The number of hydrogen-bond donors (Lipinski definition) is 0. The summed E-state index contributed by atoms with van der Waals surface area (Å²) < 4.78 is 2.77. The molecular formula is C4HBBr3N. The maximum atomic E-state index is 3.98. The van der Waals surface area contributed by atoms with Gasteiger partial charge in [-0.1, -0.05) is 0 Å². The van der Waals surface area contributed by atoms with Crippen LogP contribution in [-0.2, 0) is 0 Å². The number of rotatable bonds is 0. The fourth-order valence-corrected chi connectivity index (χ4v) is 1.53. The molecule has 1 aromatic rings. The number of halogens is 3. The van der Waals surface area contributed by atoms with Gasteiger partial charge < -0.3 is 0 Å². The van der Waals surface area contributed by atoms with Crippen LogP contribution < -0.4 is 0 Å². The molecule has 5 heteroatoms. The van der Waals surface area contributed by atoms with Crippen LogP contribution >= 0.6 is 47.8 Å². The van der Waals surface area contributed by atoms with Crippen molar-refractivity contribution >= 4 is 54.8 Å². The minimum absolute atomic E-state index is 0.817. The van der Waals surface area contributed by atoms with Gasteiger partial charge in [-0.25, -0.2) is 0 Å². The molecule has 0 aromatic carbocycles. The molecular weight excluding hydrogens is 313 g/mol. The Morgan fingerprint density at radius 2 is 2.00 bits per heavy atom. The average Bonchev–Trinajstić information content (AvgIpc) is 1.83. The summed E-state index contributed by atoms with van der Waals surface area (Å²) in [6.45, 7) is 0. The van der Waals surface area contributed by atoms with Gasteiger partial charge in [0.2, 0.25) is 0 Å². The summed E-state index contributed by atoms with van der Waals surface area (Å²) in [5.74, 6) is 1.87. The molecule has 1 nitrogen and oxygen atoms in total. The van der Waals surface area contributed by atoms with E-state index < -0.39 is 0 Å². The van der Waals surface area contributed by atoms with Gasteiger partial charge in [0.25, 0.3) is 0 Å². The number of nitrogens with zero attached hydrogens (tertiary/aromatic N) is 1. The molecule has 0 spiro atoms. The maximum absolute atomic E-state index is 3.98. The first kappa shape index (κ1) is 7.89. The van der Waals surface area contributed by atoms with Crippen molar-refractivity contribution in [3.8, 4) is 0 Å². The second-order valence-electron chi connectivity index (χ2n) is 1.40. The second kappa shape index (κ2) is 3.26. The van der Waals surface area contributed by atoms with E-state index in [-0.39, 0.29) is 0 Å². The third kappa shape index (κ3) is 1.85. The monoisotopic (exact) mass is 311 g/mol. The van der Waals surface area contributed by atoms with Crippen molar-refractivity contribution < 1.29 is 0 Å². The van der Waals surface area contributed by atoms with Crippen molar-refractivity contribution in [2.24, 2.45) is 0 Å². The molecule has 0 unspecified atom stereocenters. The summed E-state index contributed by atoms with van der Waals surface area (Å²) in [6.07, 6.45) is 0. The van der Waals surface area contributed by atoms with E-state index in [0.717, 1.165) is 13.5 Å². The molecule has 0 aliphatic heterocycles. The van der Waals surface area contributed by atoms with Crippen LogP contribution in [-0.4, -0.2) is 11.9 Å². The van der Waals surface area contributed by atoms with E-state index in [1.54, 1.807) is 7.05 Å². The molecule has 1 aromatic heterocycles. The first-order chi connectivity index (χ1) is 4.22. The van der Waals surface area contributed by atoms with Crippen molar-refractivity contribution in [3.05, 3.63) is 19.5 Å². The van der Waals surface area contributed by atoms with Crippen LogP contribution in [0.4, 0.5) is 0 Å². The van der Waals surface area contributed by atoms with Crippen LogP contribution in [0.5, 0.6) is 0 Å². The van der Waals surface area contributed by atoms with Gasteiger partial charge in [0.1, 0.15) is 0 Å². The van der Waals surface area contributed by atoms with Crippen molar-refractivity contribution in [1.29, 1.82) is 0 Å². The Labute approximate surface area is 78.9 Å². The van der Waals surface area contributed by atoms with Crippen molar-refractivity contribution in [2.75, 3.05) is 0 Å². The van der Waals surface area contributed by atoms with Crippen LogP contribution in [0.25, 0.3) is 0 Å². The summed E-state index contributed by atoms with van der Waals surface area (Å²) in [5.41, 5.74) is 0. The molecule has 1 rings (SSSR count). The molecule has 0 saturated carbocycles. The Morgan fingerprint density at radius 1 is 1.33 bits per heavy atom. The molecule has 0 atom stereocenters. The molecule has 0 fully saturated rings. The summed E-state index contributed by atoms with van der Waals surface area (Å²) in [7, 11) is 1.72. The molecule has 0 N–H and O–H groups in total. The quantitative estimate of drug-likeness (QED) is 0.718. The SMILES string of the molecule is Brc1cbnc(Br)c1Br. The van der Waals surface area contributed by atoms with E-state index in [4.69, 9.17) is 0 Å². The zero-order valence-corrected chi connectivity index (χ0v) is 8.99. The van der Waals surface area contributed by atoms with Crippen LogP contribution in [0.1, 0.15) is 0 Å². The first-order valence-electron chi connectivity index (χ1n) is 2.17. The zero-order chi connectivity index (χ0) is 6.85. The Morgan fingerprint density at radius 3 is 2.44 bits per heavy atom. The average molecular weight is 314 g/mol. The molecule has 0 aliphatic carbocycles. The molecule has 0 amide bonds. The second-order valence-corrected chi connectivity index (χ2v) is 3.80. The van der Waals surface area contributed by atoms with Gasteiger partial charge in [-0.15, -0.1) is 0 Å². The van der Waals surface area contributed by atoms with Gasteiger partial charge in [-0.05, 0) is 0 Å². The molecule has 0 bridgehead atoms. The number of hydrogen-bond acceptors (Lipinski definition) is 1. The van der Waals surface area contributed by atoms with Gasteiger partial charge >= 0.3 is 79.2 Å². The molecule has 1 heterocycles. The standard InChI is InChI=1S/C4HBBr3N/c6-2-1-5-9-4(8)3(2)7/h1H. The van der Waals surface area contributed by atoms with E-state index in [9.17, 15) is 0 Å². The fraction of sp³-hybridized carbons (Fsp3) is 0. The topological polar surface area (TPSA) is 12.9 Å². The van der Waals surface area contributed by atoms with Crippen molar-refractivity contribution in [1.82, 2.24) is 4.89 Å². The number of aromatic nitrogens is 1. The third-order valence-corrected chi connectivity index (χ3v) is 3.93. The first-order valence-corrected chi connectivity index (χ1v) is 4.55. The predicted molar refractivity (Wildman–Crippen MR) is 48.7 cm³/mol. The fourth-order valence-electron chi connectivity index (χ4n) is 0.397. The summed E-state index contributed by atoms with van der Waals surface area (Å²) in [6, 6.07) is 0. The van der Waals surface area contributed by atoms with Crippen molar-refractivity contribution in [2.45, 2.75) is 0 Å². The predicted octanol–water partition coefficient (Wildman–Crippen LogP) is 2.71. The van der Waals surface area contributed by atoms with Gasteiger partial charge in [0, 0.05) is 0 Å². The summed E-state index contributed by atoms with van der Waals surface area (Å²) >= 11 is 9.91. The van der Waals surface area contributed by atoms with Crippen molar-refractivity contribution in [3.63, 3.8) is 0 Å². The van der Waals surface area contributed by atoms with Crippen LogP contribution in [0.2, 0.25) is 0 Å². The van der Waals surface area contributed by atoms with E-state index in [1.807, 2.05) is 5.96 Å². The summed E-state index contributed by atoms with van der Waals surface area (Å²) in [4.78, 5) is 3.98. The Bertz CT molecular complexity index is 207. The molecule has 0 saturated heterocycles.